The van der Waals surface area contributed by atoms with E-state index in [2.05, 4.69) is 15.0 Å². The minimum absolute atomic E-state index is 0.0966. The fourth-order valence-corrected chi connectivity index (χ4v) is 4.58. The van der Waals surface area contributed by atoms with Crippen LogP contribution in [0.3, 0.4) is 0 Å². The highest BCUT2D eigenvalue weighted by atomic mass is 19.4. The maximum atomic E-state index is 13.3. The van der Waals surface area contributed by atoms with Gasteiger partial charge in [-0.2, -0.15) is 13.2 Å². The van der Waals surface area contributed by atoms with Gasteiger partial charge in [0.15, 0.2) is 11.5 Å². The first-order valence-corrected chi connectivity index (χ1v) is 12.5. The molecule has 0 radical (unpaired) electrons. The monoisotopic (exact) mass is 536 g/mol. The number of pyridine rings is 1. The van der Waals surface area contributed by atoms with Crippen molar-refractivity contribution in [2.75, 3.05) is 18.6 Å². The van der Waals surface area contributed by atoms with E-state index in [1.54, 1.807) is 41.6 Å². The SMILES string of the molecule is COCCn1cc(C(F)(F)F)nc1-c1ccc(CN2C(=O)Cc3cnc(-c4cccnc4C(C)C)nc32)cc1. The molecule has 5 rings (SSSR count). The summed E-state index contributed by atoms with van der Waals surface area (Å²) in [5, 5.41) is 0. The van der Waals surface area contributed by atoms with Crippen LogP contribution in [0.1, 0.15) is 42.3 Å². The molecule has 0 aliphatic carbocycles. The van der Waals surface area contributed by atoms with Crippen LogP contribution in [0.5, 0.6) is 0 Å². The molecule has 8 nitrogen and oxygen atoms in total. The number of ether oxygens (including phenoxy) is 1. The Morgan fingerprint density at radius 3 is 2.54 bits per heavy atom. The summed E-state index contributed by atoms with van der Waals surface area (Å²) in [5.41, 5.74) is 2.82. The van der Waals surface area contributed by atoms with Gasteiger partial charge in [-0.25, -0.2) is 15.0 Å². The first kappa shape index (κ1) is 26.5. The summed E-state index contributed by atoms with van der Waals surface area (Å²) >= 11 is 0. The number of rotatable bonds is 8. The summed E-state index contributed by atoms with van der Waals surface area (Å²) in [6.45, 7) is 4.84. The van der Waals surface area contributed by atoms with Crippen LogP contribution in [-0.2, 0) is 35.2 Å². The van der Waals surface area contributed by atoms with E-state index >= 15 is 0 Å². The quantitative estimate of drug-likeness (QED) is 0.305. The number of halogens is 3. The number of hydrogen-bond donors (Lipinski definition) is 0. The molecule has 0 fully saturated rings. The van der Waals surface area contributed by atoms with E-state index in [-0.39, 0.29) is 43.8 Å². The predicted molar refractivity (Wildman–Crippen MR) is 139 cm³/mol. The molecule has 0 unspecified atom stereocenters. The minimum atomic E-state index is -4.55. The van der Waals surface area contributed by atoms with Crippen LogP contribution in [0.2, 0.25) is 0 Å². The second-order valence-corrected chi connectivity index (χ2v) is 9.62. The third-order valence-electron chi connectivity index (χ3n) is 6.52. The maximum absolute atomic E-state index is 13.3. The van der Waals surface area contributed by atoms with E-state index in [9.17, 15) is 18.0 Å². The zero-order chi connectivity index (χ0) is 27.7. The van der Waals surface area contributed by atoms with Gasteiger partial charge in [0.2, 0.25) is 5.91 Å². The average molecular weight is 537 g/mol. The van der Waals surface area contributed by atoms with E-state index in [4.69, 9.17) is 9.72 Å². The van der Waals surface area contributed by atoms with Crippen molar-refractivity contribution in [1.29, 1.82) is 0 Å². The molecule has 0 atom stereocenters. The Morgan fingerprint density at radius 1 is 1.08 bits per heavy atom. The topological polar surface area (TPSA) is 86.0 Å². The summed E-state index contributed by atoms with van der Waals surface area (Å²) in [5.74, 6) is 1.33. The molecule has 202 valence electrons. The minimum Gasteiger partial charge on any atom is -0.383 e. The fourth-order valence-electron chi connectivity index (χ4n) is 4.58. The van der Waals surface area contributed by atoms with Crippen molar-refractivity contribution in [1.82, 2.24) is 24.5 Å². The van der Waals surface area contributed by atoms with Gasteiger partial charge in [0.1, 0.15) is 11.6 Å². The number of methoxy groups -OCH3 is 1. The number of nitrogens with zero attached hydrogens (tertiary/aromatic N) is 6. The number of alkyl halides is 3. The van der Waals surface area contributed by atoms with Crippen LogP contribution in [-0.4, -0.2) is 44.1 Å². The largest absolute Gasteiger partial charge is 0.434 e. The molecule has 11 heteroatoms. The first-order chi connectivity index (χ1) is 18.7. The number of anilines is 1. The fraction of sp³-hybridized carbons (Fsp3) is 0.321. The number of carbonyl (C=O) groups excluding carboxylic acids is 1. The highest BCUT2D eigenvalue weighted by Crippen LogP contribution is 2.33. The zero-order valence-corrected chi connectivity index (χ0v) is 21.7. The third kappa shape index (κ3) is 5.40. The lowest BCUT2D eigenvalue weighted by Crippen LogP contribution is -2.26. The van der Waals surface area contributed by atoms with Crippen LogP contribution in [0.4, 0.5) is 19.0 Å². The van der Waals surface area contributed by atoms with Gasteiger partial charge in [0, 0.05) is 48.9 Å². The Bertz CT molecular complexity index is 1500. The van der Waals surface area contributed by atoms with E-state index in [0.717, 1.165) is 28.6 Å². The highest BCUT2D eigenvalue weighted by molar-refractivity contribution is 6.00. The van der Waals surface area contributed by atoms with Gasteiger partial charge in [-0.15, -0.1) is 0 Å². The number of imidazole rings is 1. The summed E-state index contributed by atoms with van der Waals surface area (Å²) in [7, 11) is 1.49. The Morgan fingerprint density at radius 2 is 1.85 bits per heavy atom. The highest BCUT2D eigenvalue weighted by Gasteiger charge is 2.35. The molecule has 0 spiro atoms. The molecular formula is C28H27F3N6O2. The Hall–Kier alpha value is -4.12. The predicted octanol–water partition coefficient (Wildman–Crippen LogP) is 5.28. The number of benzene rings is 1. The smallest absolute Gasteiger partial charge is 0.383 e. The number of fused-ring (bicyclic) bond motifs is 1. The van der Waals surface area contributed by atoms with Gasteiger partial charge < -0.3 is 9.30 Å². The Balaban J connectivity index is 1.41. The third-order valence-corrected chi connectivity index (χ3v) is 6.52. The van der Waals surface area contributed by atoms with Gasteiger partial charge >= 0.3 is 6.18 Å². The van der Waals surface area contributed by atoms with Gasteiger partial charge in [-0.05, 0) is 23.6 Å². The average Bonchev–Trinajstić information content (AvgIpc) is 3.48. The van der Waals surface area contributed by atoms with Crippen molar-refractivity contribution in [2.45, 2.75) is 45.5 Å². The first-order valence-electron chi connectivity index (χ1n) is 12.5. The molecule has 0 N–H and O–H groups in total. The van der Waals surface area contributed by atoms with Gasteiger partial charge in [0.25, 0.3) is 0 Å². The molecule has 1 aliphatic rings. The Labute approximate surface area is 223 Å². The molecule has 1 aromatic carbocycles. The van der Waals surface area contributed by atoms with Gasteiger partial charge in [0.05, 0.1) is 25.3 Å². The summed E-state index contributed by atoms with van der Waals surface area (Å²) < 4.78 is 46.4. The van der Waals surface area contributed by atoms with Crippen LogP contribution in [0.25, 0.3) is 22.8 Å². The number of hydrogen-bond acceptors (Lipinski definition) is 6. The summed E-state index contributed by atoms with van der Waals surface area (Å²) in [4.78, 5) is 32.1. The van der Waals surface area contributed by atoms with Crippen LogP contribution in [0, 0.1) is 0 Å². The molecule has 4 aromatic rings. The molecule has 39 heavy (non-hydrogen) atoms. The molecule has 0 bridgehead atoms. The van der Waals surface area contributed by atoms with Gasteiger partial charge in [-0.1, -0.05) is 38.1 Å². The second-order valence-electron chi connectivity index (χ2n) is 9.62. The lowest BCUT2D eigenvalue weighted by molar-refractivity contribution is -0.140. The molecule has 1 aliphatic heterocycles. The van der Waals surface area contributed by atoms with Crippen molar-refractivity contribution in [2.24, 2.45) is 0 Å². The van der Waals surface area contributed by atoms with E-state index in [1.165, 1.54) is 11.7 Å². The van der Waals surface area contributed by atoms with Crippen molar-refractivity contribution < 1.29 is 22.7 Å². The lowest BCUT2D eigenvalue weighted by atomic mass is 10.0. The molecule has 1 amide bonds. The summed E-state index contributed by atoms with van der Waals surface area (Å²) in [6, 6.07) is 10.7. The number of carbonyl (C=O) groups is 1. The van der Waals surface area contributed by atoms with E-state index in [0.29, 0.717) is 17.2 Å². The van der Waals surface area contributed by atoms with E-state index in [1.807, 2.05) is 26.0 Å². The van der Waals surface area contributed by atoms with Crippen LogP contribution < -0.4 is 4.90 Å². The number of aromatic nitrogens is 5. The van der Waals surface area contributed by atoms with Crippen molar-refractivity contribution in [3.63, 3.8) is 0 Å². The number of amides is 1. The Kier molecular flexibility index (Phi) is 7.17. The van der Waals surface area contributed by atoms with Crippen molar-refractivity contribution in [3.8, 4) is 22.8 Å². The standard InChI is InChI=1S/C28H27F3N6O2/c1-17(2)24-21(5-4-10-32-24)25-33-14-20-13-23(38)37(27(20)35-25)15-18-6-8-19(9-7-18)26-34-22(28(29,30)31)16-36(26)11-12-39-3/h4-10,14,16-17H,11-13,15H2,1-3H3. The van der Waals surface area contributed by atoms with Crippen molar-refractivity contribution in [3.05, 3.63) is 77.5 Å². The molecule has 0 saturated heterocycles. The van der Waals surface area contributed by atoms with Gasteiger partial charge in [-0.3, -0.25) is 14.7 Å². The van der Waals surface area contributed by atoms with Crippen LogP contribution >= 0.6 is 0 Å². The van der Waals surface area contributed by atoms with Crippen LogP contribution in [0.15, 0.2) is 55.0 Å². The molecule has 0 saturated carbocycles. The molecule has 3 aromatic heterocycles. The van der Waals surface area contributed by atoms with Crippen molar-refractivity contribution >= 4 is 11.7 Å². The lowest BCUT2D eigenvalue weighted by Gasteiger charge is -2.18. The summed E-state index contributed by atoms with van der Waals surface area (Å²) in [6.07, 6.45) is 0.0672. The second kappa shape index (κ2) is 10.6. The van der Waals surface area contributed by atoms with E-state index < -0.39 is 11.9 Å². The molecular weight excluding hydrogens is 509 g/mol. The normalized spacial score (nSPS) is 13.4. The zero-order valence-electron chi connectivity index (χ0n) is 21.7. The molecule has 4 heterocycles. The maximum Gasteiger partial charge on any atom is 0.434 e.